The summed E-state index contributed by atoms with van der Waals surface area (Å²) in [5.41, 5.74) is 2.16. The molecule has 0 unspecified atom stereocenters. The Morgan fingerprint density at radius 3 is 2.57 bits per heavy atom. The van der Waals surface area contributed by atoms with Gasteiger partial charge in [0.05, 0.1) is 5.52 Å². The number of carboxylic acid groups (broad SMARTS) is 1. The molecule has 3 nitrogen and oxygen atoms in total. The van der Waals surface area contributed by atoms with Crippen molar-refractivity contribution in [2.75, 3.05) is 0 Å². The average Bonchev–Trinajstić information content (AvgIpc) is 2.77. The number of aromatic nitrogens is 1. The summed E-state index contributed by atoms with van der Waals surface area (Å²) >= 11 is 5.98. The van der Waals surface area contributed by atoms with Crippen LogP contribution < -0.4 is 5.11 Å². The number of benzene rings is 2. The van der Waals surface area contributed by atoms with Crippen molar-refractivity contribution in [1.82, 2.24) is 4.57 Å². The lowest BCUT2D eigenvalue weighted by molar-refractivity contribution is -0.304. The van der Waals surface area contributed by atoms with E-state index in [-0.39, 0.29) is 12.2 Å². The second-order valence-electron chi connectivity index (χ2n) is 4.71. The Balaban J connectivity index is 2.23. The summed E-state index contributed by atoms with van der Waals surface area (Å²) in [5, 5.41) is 12.2. The third-order valence-corrected chi connectivity index (χ3v) is 3.52. The van der Waals surface area contributed by atoms with E-state index >= 15 is 0 Å². The number of hydrogen-bond donors (Lipinski definition) is 0. The van der Waals surface area contributed by atoms with Crippen LogP contribution in [0.15, 0.2) is 48.7 Å². The van der Waals surface area contributed by atoms with Crippen molar-refractivity contribution in [2.45, 2.75) is 6.42 Å². The van der Waals surface area contributed by atoms with Crippen LogP contribution in [0.5, 0.6) is 0 Å². The monoisotopic (exact) mass is 302 g/mol. The minimum absolute atomic E-state index is 0.203. The van der Waals surface area contributed by atoms with Gasteiger partial charge in [0.25, 0.3) is 0 Å². The number of rotatable bonds is 3. The molecule has 1 aromatic heterocycles. The normalized spacial score (nSPS) is 11.0. The molecule has 0 fully saturated rings. The molecular weight excluding hydrogens is 293 g/mol. The second-order valence-corrected chi connectivity index (χ2v) is 5.15. The molecule has 0 radical (unpaired) electrons. The minimum atomic E-state index is -1.16. The van der Waals surface area contributed by atoms with Gasteiger partial charge in [0.1, 0.15) is 5.82 Å². The fourth-order valence-corrected chi connectivity index (χ4v) is 2.55. The highest BCUT2D eigenvalue weighted by molar-refractivity contribution is 6.31. The van der Waals surface area contributed by atoms with E-state index in [2.05, 4.69) is 0 Å². The lowest BCUT2D eigenvalue weighted by atomic mass is 10.1. The molecule has 0 aliphatic rings. The lowest BCUT2D eigenvalue weighted by Crippen LogP contribution is -2.24. The molecule has 0 amide bonds. The molecule has 0 N–H and O–H groups in total. The van der Waals surface area contributed by atoms with Crippen molar-refractivity contribution in [3.8, 4) is 5.69 Å². The largest absolute Gasteiger partial charge is 0.550 e. The Morgan fingerprint density at radius 2 is 1.90 bits per heavy atom. The molecule has 0 aliphatic heterocycles. The van der Waals surface area contributed by atoms with Gasteiger partial charge in [0.15, 0.2) is 0 Å². The molecule has 2 aromatic carbocycles. The first-order chi connectivity index (χ1) is 10.0. The number of carbonyl (C=O) groups excluding carboxylic acids is 1. The van der Waals surface area contributed by atoms with Crippen LogP contribution in [0.2, 0.25) is 5.02 Å². The highest BCUT2D eigenvalue weighted by atomic mass is 35.5. The fraction of sp³-hybridized carbons (Fsp3) is 0.0625. The summed E-state index contributed by atoms with van der Waals surface area (Å²) in [6.45, 7) is 0. The number of carbonyl (C=O) groups is 1. The summed E-state index contributed by atoms with van der Waals surface area (Å²) in [4.78, 5) is 10.9. The predicted octanol–water partition coefficient (Wildman–Crippen LogP) is 2.72. The Bertz CT molecular complexity index is 824. The van der Waals surface area contributed by atoms with Crippen molar-refractivity contribution < 1.29 is 14.3 Å². The van der Waals surface area contributed by atoms with Crippen molar-refractivity contribution in [2.24, 2.45) is 0 Å². The van der Waals surface area contributed by atoms with E-state index in [1.807, 2.05) is 4.57 Å². The number of carboxylic acids is 1. The van der Waals surface area contributed by atoms with Crippen LogP contribution in [0, 0.1) is 5.82 Å². The van der Waals surface area contributed by atoms with Gasteiger partial charge in [0, 0.05) is 34.7 Å². The summed E-state index contributed by atoms with van der Waals surface area (Å²) < 4.78 is 14.8. The van der Waals surface area contributed by atoms with Crippen molar-refractivity contribution in [3.63, 3.8) is 0 Å². The van der Waals surface area contributed by atoms with Gasteiger partial charge < -0.3 is 14.5 Å². The van der Waals surface area contributed by atoms with Crippen LogP contribution in [0.25, 0.3) is 16.6 Å². The maximum atomic E-state index is 13.0. The van der Waals surface area contributed by atoms with Crippen LogP contribution in [0.4, 0.5) is 4.39 Å². The first-order valence-corrected chi connectivity index (χ1v) is 6.67. The first kappa shape index (κ1) is 13.6. The van der Waals surface area contributed by atoms with Crippen LogP contribution in [0.1, 0.15) is 5.56 Å². The van der Waals surface area contributed by atoms with Crippen molar-refractivity contribution >= 4 is 28.5 Å². The van der Waals surface area contributed by atoms with E-state index < -0.39 is 5.97 Å². The molecule has 106 valence electrons. The molecule has 3 aromatic rings. The SMILES string of the molecule is O=C([O-])Cc1cn(-c2ccc(F)cc2)c2ccc(Cl)cc12. The second kappa shape index (κ2) is 5.22. The van der Waals surface area contributed by atoms with E-state index in [1.54, 1.807) is 36.5 Å². The maximum absolute atomic E-state index is 13.0. The fourth-order valence-electron chi connectivity index (χ4n) is 2.38. The highest BCUT2D eigenvalue weighted by Gasteiger charge is 2.10. The Morgan fingerprint density at radius 1 is 1.19 bits per heavy atom. The number of nitrogens with zero attached hydrogens (tertiary/aromatic N) is 1. The predicted molar refractivity (Wildman–Crippen MR) is 77.0 cm³/mol. The van der Waals surface area contributed by atoms with Gasteiger partial charge in [-0.25, -0.2) is 4.39 Å². The van der Waals surface area contributed by atoms with Gasteiger partial charge in [-0.15, -0.1) is 0 Å². The summed E-state index contributed by atoms with van der Waals surface area (Å²) in [6.07, 6.45) is 1.51. The van der Waals surface area contributed by atoms with Gasteiger partial charge in [0.2, 0.25) is 0 Å². The highest BCUT2D eigenvalue weighted by Crippen LogP contribution is 2.28. The molecule has 0 spiro atoms. The van der Waals surface area contributed by atoms with Crippen molar-refractivity contribution in [1.29, 1.82) is 0 Å². The van der Waals surface area contributed by atoms with Crippen molar-refractivity contribution in [3.05, 3.63) is 65.1 Å². The van der Waals surface area contributed by atoms with E-state index in [0.717, 1.165) is 16.6 Å². The average molecular weight is 303 g/mol. The van der Waals surface area contributed by atoms with Gasteiger partial charge in [-0.3, -0.25) is 0 Å². The Hall–Kier alpha value is -2.33. The van der Waals surface area contributed by atoms with Crippen LogP contribution in [0.3, 0.4) is 0 Å². The molecule has 0 aliphatic carbocycles. The molecule has 0 atom stereocenters. The van der Waals surface area contributed by atoms with Crippen LogP contribution >= 0.6 is 11.6 Å². The van der Waals surface area contributed by atoms with E-state index in [1.165, 1.54) is 12.1 Å². The number of halogens is 2. The van der Waals surface area contributed by atoms with Gasteiger partial charge in [-0.1, -0.05) is 11.6 Å². The van der Waals surface area contributed by atoms with E-state index in [0.29, 0.717) is 10.6 Å². The molecule has 21 heavy (non-hydrogen) atoms. The van der Waals surface area contributed by atoms with Gasteiger partial charge >= 0.3 is 0 Å². The molecule has 0 bridgehead atoms. The molecular formula is C16H10ClFNO2-. The quantitative estimate of drug-likeness (QED) is 0.747. The topological polar surface area (TPSA) is 45.1 Å². The molecule has 5 heteroatoms. The zero-order valence-electron chi connectivity index (χ0n) is 10.8. The van der Waals surface area contributed by atoms with E-state index in [4.69, 9.17) is 11.6 Å². The zero-order chi connectivity index (χ0) is 15.0. The Kier molecular flexibility index (Phi) is 3.39. The van der Waals surface area contributed by atoms with E-state index in [9.17, 15) is 14.3 Å². The number of aliphatic carboxylic acids is 1. The summed E-state index contributed by atoms with van der Waals surface area (Å²) in [7, 11) is 0. The Labute approximate surface area is 125 Å². The van der Waals surface area contributed by atoms with Crippen LogP contribution in [-0.2, 0) is 11.2 Å². The molecule has 3 rings (SSSR count). The zero-order valence-corrected chi connectivity index (χ0v) is 11.6. The molecule has 0 saturated heterocycles. The minimum Gasteiger partial charge on any atom is -0.550 e. The lowest BCUT2D eigenvalue weighted by Gasteiger charge is -2.05. The standard InChI is InChI=1S/C16H11ClFNO2/c17-11-1-6-15-14(8-11)10(7-16(20)21)9-19(15)13-4-2-12(18)3-5-13/h1-6,8-9H,7H2,(H,20,21)/p-1. The summed E-state index contributed by atoms with van der Waals surface area (Å²) in [6, 6.07) is 11.2. The maximum Gasteiger partial charge on any atom is 0.123 e. The summed E-state index contributed by atoms with van der Waals surface area (Å²) in [5.74, 6) is -1.48. The molecule has 0 saturated carbocycles. The number of hydrogen-bond acceptors (Lipinski definition) is 2. The van der Waals surface area contributed by atoms with Gasteiger partial charge in [-0.2, -0.15) is 0 Å². The first-order valence-electron chi connectivity index (χ1n) is 6.30. The number of fused-ring (bicyclic) bond motifs is 1. The smallest absolute Gasteiger partial charge is 0.123 e. The van der Waals surface area contributed by atoms with Gasteiger partial charge in [-0.05, 0) is 48.0 Å². The molecule has 1 heterocycles. The third-order valence-electron chi connectivity index (χ3n) is 3.29. The van der Waals surface area contributed by atoms with Crippen LogP contribution in [-0.4, -0.2) is 10.5 Å². The third kappa shape index (κ3) is 2.62.